The predicted octanol–water partition coefficient (Wildman–Crippen LogP) is 12.9. The van der Waals surface area contributed by atoms with Gasteiger partial charge >= 0.3 is 5.97 Å². The number of nitrogens with two attached hydrogens (primary N) is 1. The van der Waals surface area contributed by atoms with Crippen LogP contribution in [0.25, 0.3) is 11.1 Å². The monoisotopic (exact) mass is 832 g/mol. The lowest BCUT2D eigenvalue weighted by Gasteiger charge is -2.29. The number of hydrogen-bond donors (Lipinski definition) is 3. The predicted molar refractivity (Wildman–Crippen MR) is 240 cm³/mol. The van der Waals surface area contributed by atoms with Crippen LogP contribution in [0.2, 0.25) is 0 Å². The maximum atomic E-state index is 13.7. The van der Waals surface area contributed by atoms with Crippen LogP contribution in [-0.2, 0) is 23.9 Å². The molecule has 0 aliphatic heterocycles. The number of rotatable bonds is 15. The highest BCUT2D eigenvalue weighted by molar-refractivity contribution is 6.19. The first-order valence-electron chi connectivity index (χ1n) is 21.6. The number of benzene rings is 2. The molecule has 0 spiro atoms. The minimum atomic E-state index is -2.82. The number of methoxy groups -OCH3 is 1. The Hall–Kier alpha value is -3.92. The van der Waals surface area contributed by atoms with Crippen molar-refractivity contribution >= 4 is 29.0 Å². The second kappa shape index (κ2) is 29.3. The van der Waals surface area contributed by atoms with Crippen LogP contribution < -0.4 is 5.73 Å². The number of anilines is 1. The van der Waals surface area contributed by atoms with E-state index in [0.29, 0.717) is 24.0 Å². The lowest BCUT2D eigenvalue weighted by Crippen LogP contribution is -2.31. The van der Waals surface area contributed by atoms with Crippen molar-refractivity contribution in [2.24, 2.45) is 17.8 Å². The Balaban J connectivity index is 0. The fourth-order valence-electron chi connectivity index (χ4n) is 7.13. The number of alkyl halides is 2. The Kier molecular flexibility index (Phi) is 28.4. The van der Waals surface area contributed by atoms with Gasteiger partial charge in [-0.05, 0) is 119 Å². The number of Topliss-reactive ketones (excluding diaryl/α,β-unsaturated/α-hetero) is 3. The number of ketones is 3. The fraction of sp³-hybridized carbons (Fsp3) is 0.633. The molecule has 0 radical (unpaired) electrons. The molecule has 336 valence electrons. The minimum absolute atomic E-state index is 0.0690. The highest BCUT2D eigenvalue weighted by Crippen LogP contribution is 2.40. The summed E-state index contributed by atoms with van der Waals surface area (Å²) in [4.78, 5) is 44.9. The van der Waals surface area contributed by atoms with E-state index in [-0.39, 0.29) is 59.9 Å². The molecule has 0 saturated carbocycles. The van der Waals surface area contributed by atoms with Crippen molar-refractivity contribution in [3.63, 3.8) is 0 Å². The zero-order valence-electron chi connectivity index (χ0n) is 39.1. The lowest BCUT2D eigenvalue weighted by atomic mass is 9.80. The van der Waals surface area contributed by atoms with E-state index < -0.39 is 17.8 Å². The number of nitrogen functional groups attached to an aromatic ring is 1. The standard InChI is InChI=1S/C19H23NO3.C15H22F2O2.C7H14O.C6H14O.C2H6/c1-10-5-14(19-12(3)6-15(21)9-17(19)20)8-16(13(10)4)11(2)7-18(22)23;1-4-5-6-11-9-14(19)12(10(2)18)7-8-13(11)15(3,16)17;1-4-5-6(2)7(3)8;1-4-6(5-2)7-3;1-2/h5-6,8-9,11,21H,7,20H2,1-4H3,(H,22,23);7,11,13H,4-6,8-9H2,1-3H3;6H,4-5H2,1-3H3;6H,4-5H2,1-3H3;1-2H3/t;;6-;;/m..0../s1. The molecule has 4 N–H and O–H groups in total. The van der Waals surface area contributed by atoms with Crippen molar-refractivity contribution in [2.45, 2.75) is 179 Å². The first-order chi connectivity index (χ1) is 27.5. The third-order valence-corrected chi connectivity index (χ3v) is 10.9. The molecule has 3 rings (SSSR count). The summed E-state index contributed by atoms with van der Waals surface area (Å²) in [5, 5.41) is 18.7. The summed E-state index contributed by atoms with van der Waals surface area (Å²) < 4.78 is 32.4. The van der Waals surface area contributed by atoms with Crippen molar-refractivity contribution in [1.82, 2.24) is 0 Å². The topological polar surface area (TPSA) is 144 Å². The minimum Gasteiger partial charge on any atom is -0.508 e. The second-order valence-electron chi connectivity index (χ2n) is 15.7. The van der Waals surface area contributed by atoms with Crippen molar-refractivity contribution in [3.05, 3.63) is 58.2 Å². The number of carboxylic acids is 1. The van der Waals surface area contributed by atoms with Crippen LogP contribution in [0.5, 0.6) is 5.75 Å². The first-order valence-corrected chi connectivity index (χ1v) is 21.6. The van der Waals surface area contributed by atoms with E-state index in [4.69, 9.17) is 15.6 Å². The van der Waals surface area contributed by atoms with Crippen LogP contribution in [0.15, 0.2) is 35.9 Å². The number of halogens is 2. The molecule has 1 aliphatic rings. The van der Waals surface area contributed by atoms with Crippen LogP contribution in [0.4, 0.5) is 14.5 Å². The molecule has 0 heterocycles. The van der Waals surface area contributed by atoms with Gasteiger partial charge in [-0.15, -0.1) is 0 Å². The summed E-state index contributed by atoms with van der Waals surface area (Å²) in [5.41, 5.74) is 12.7. The van der Waals surface area contributed by atoms with Crippen molar-refractivity contribution in [2.75, 3.05) is 12.8 Å². The quantitative estimate of drug-likeness (QED) is 0.119. The summed E-state index contributed by atoms with van der Waals surface area (Å²) >= 11 is 0. The average Bonchev–Trinajstić information content (AvgIpc) is 3.32. The SMILES string of the molecule is CC.CCC(CC)OC.CCCCC1CC(=O)C(C(C)=O)=CCC1C(C)(F)F.CCC[C@H](C)C(C)=O.Cc1cc(-c2c(C)cc(O)cc2N)cc(C(C)CC(=O)O)c1C. The third-order valence-electron chi connectivity index (χ3n) is 10.9. The lowest BCUT2D eigenvalue weighted by molar-refractivity contribution is -0.137. The molecule has 0 saturated heterocycles. The summed E-state index contributed by atoms with van der Waals surface area (Å²) in [7, 11) is 1.76. The van der Waals surface area contributed by atoms with Gasteiger partial charge in [0.2, 0.25) is 5.92 Å². The highest BCUT2D eigenvalue weighted by atomic mass is 19.3. The number of carbonyl (C=O) groups excluding carboxylic acids is 3. The maximum Gasteiger partial charge on any atom is 0.303 e. The molecule has 59 heavy (non-hydrogen) atoms. The number of aryl methyl sites for hydroxylation is 2. The molecule has 0 aromatic heterocycles. The van der Waals surface area contributed by atoms with Gasteiger partial charge in [0.05, 0.1) is 18.1 Å². The highest BCUT2D eigenvalue weighted by Gasteiger charge is 2.41. The Morgan fingerprint density at radius 3 is 1.92 bits per heavy atom. The van der Waals surface area contributed by atoms with E-state index in [1.165, 1.54) is 19.1 Å². The zero-order chi connectivity index (χ0) is 46.2. The number of unbranched alkanes of at least 4 members (excludes halogenated alkanes) is 1. The molecule has 3 unspecified atom stereocenters. The third kappa shape index (κ3) is 20.7. The van der Waals surface area contributed by atoms with Crippen molar-refractivity contribution in [1.29, 1.82) is 0 Å². The van der Waals surface area contributed by atoms with E-state index in [1.807, 2.05) is 61.5 Å². The number of carboxylic acid groups (broad SMARTS) is 1. The number of aromatic hydroxyl groups is 1. The molecule has 8 nitrogen and oxygen atoms in total. The first kappa shape index (κ1) is 57.2. The smallest absolute Gasteiger partial charge is 0.303 e. The molecule has 10 heteroatoms. The van der Waals surface area contributed by atoms with Crippen LogP contribution in [0.1, 0.15) is 169 Å². The summed E-state index contributed by atoms with van der Waals surface area (Å²) in [6, 6.07) is 7.30. The molecule has 2 aromatic rings. The molecule has 0 fully saturated rings. The Morgan fingerprint density at radius 1 is 0.949 bits per heavy atom. The average molecular weight is 832 g/mol. The molecular weight excluding hydrogens is 753 g/mol. The number of hydrogen-bond acceptors (Lipinski definition) is 7. The molecular formula is C49H79F2NO7. The van der Waals surface area contributed by atoms with Gasteiger partial charge in [-0.25, -0.2) is 8.78 Å². The van der Waals surface area contributed by atoms with Gasteiger partial charge in [0.25, 0.3) is 0 Å². The number of phenolic OH excluding ortho intramolecular Hbond substituents is 1. The number of aliphatic carboxylic acids is 1. The molecule has 4 atom stereocenters. The van der Waals surface area contributed by atoms with Crippen LogP contribution in [0, 0.1) is 38.5 Å². The van der Waals surface area contributed by atoms with Gasteiger partial charge in [-0.2, -0.15) is 0 Å². The van der Waals surface area contributed by atoms with E-state index in [0.717, 1.165) is 78.8 Å². The van der Waals surface area contributed by atoms with Gasteiger partial charge in [0, 0.05) is 42.7 Å². The second-order valence-corrected chi connectivity index (χ2v) is 15.7. The zero-order valence-corrected chi connectivity index (χ0v) is 39.1. The fourth-order valence-corrected chi connectivity index (χ4v) is 7.13. The number of phenols is 1. The number of carbonyl (C=O) groups is 4. The normalized spacial score (nSPS) is 15.9. The van der Waals surface area contributed by atoms with E-state index in [9.17, 15) is 33.1 Å². The van der Waals surface area contributed by atoms with E-state index in [1.54, 1.807) is 20.1 Å². The molecule has 1 aliphatic carbocycles. The van der Waals surface area contributed by atoms with Crippen LogP contribution >= 0.6 is 0 Å². The summed E-state index contributed by atoms with van der Waals surface area (Å²) in [6.45, 7) is 26.1. The maximum absolute atomic E-state index is 13.7. The van der Waals surface area contributed by atoms with Gasteiger partial charge < -0.3 is 20.7 Å². The van der Waals surface area contributed by atoms with Gasteiger partial charge in [0.15, 0.2) is 11.6 Å². The van der Waals surface area contributed by atoms with Crippen LogP contribution in [-0.4, -0.2) is 52.7 Å². The molecule has 2 aromatic carbocycles. The number of allylic oxidation sites excluding steroid dienone is 2. The van der Waals surface area contributed by atoms with Gasteiger partial charge in [0.1, 0.15) is 11.5 Å². The molecule has 0 amide bonds. The van der Waals surface area contributed by atoms with E-state index >= 15 is 0 Å². The Bertz CT molecular complexity index is 1600. The largest absolute Gasteiger partial charge is 0.508 e. The van der Waals surface area contributed by atoms with Gasteiger partial charge in [-0.1, -0.05) is 92.9 Å². The van der Waals surface area contributed by atoms with Gasteiger partial charge in [-0.3, -0.25) is 19.2 Å². The summed E-state index contributed by atoms with van der Waals surface area (Å²) in [6.07, 6.45) is 8.95. The Morgan fingerprint density at radius 2 is 1.53 bits per heavy atom. The van der Waals surface area contributed by atoms with Crippen molar-refractivity contribution < 1.29 is 42.9 Å². The molecule has 0 bridgehead atoms. The number of ether oxygens (including phenoxy) is 1. The van der Waals surface area contributed by atoms with Crippen LogP contribution in [0.3, 0.4) is 0 Å². The van der Waals surface area contributed by atoms with Crippen molar-refractivity contribution in [3.8, 4) is 16.9 Å². The Labute approximate surface area is 355 Å². The van der Waals surface area contributed by atoms with E-state index in [2.05, 4.69) is 26.8 Å². The summed E-state index contributed by atoms with van der Waals surface area (Å²) in [5.74, 6) is -4.74.